The zero-order valence-electron chi connectivity index (χ0n) is 15.2. The molecule has 1 atom stereocenters. The molecule has 2 heterocycles. The molecule has 2 aromatic rings. The lowest BCUT2D eigenvalue weighted by atomic mass is 10.2. The van der Waals surface area contributed by atoms with E-state index in [4.69, 9.17) is 21.1 Å². The molecule has 156 valence electrons. The Bertz CT molecular complexity index is 836. The summed E-state index contributed by atoms with van der Waals surface area (Å²) in [4.78, 5) is 18.7. The fourth-order valence-corrected chi connectivity index (χ4v) is 3.66. The van der Waals surface area contributed by atoms with Gasteiger partial charge < -0.3 is 14.4 Å². The Morgan fingerprint density at radius 3 is 2.76 bits per heavy atom. The van der Waals surface area contributed by atoms with E-state index in [0.717, 1.165) is 12.1 Å². The first-order valence-corrected chi connectivity index (χ1v) is 10.1. The molecule has 5 nitrogen and oxygen atoms in total. The second-order valence-corrected chi connectivity index (χ2v) is 7.65. The Balaban J connectivity index is 1.47. The number of rotatable bonds is 6. The monoisotopic (exact) mass is 446 g/mol. The summed E-state index contributed by atoms with van der Waals surface area (Å²) < 4.78 is 49.1. The Kier molecular flexibility index (Phi) is 7.26. The molecule has 0 saturated carbocycles. The number of aromatic nitrogens is 1. The minimum atomic E-state index is -4.37. The molecule has 0 N–H and O–H groups in total. The van der Waals surface area contributed by atoms with Crippen molar-refractivity contribution in [3.05, 3.63) is 53.3 Å². The predicted molar refractivity (Wildman–Crippen MR) is 103 cm³/mol. The first kappa shape index (κ1) is 21.7. The van der Waals surface area contributed by atoms with Gasteiger partial charge in [0.1, 0.15) is 12.7 Å². The van der Waals surface area contributed by atoms with Crippen LogP contribution in [0.2, 0.25) is 5.15 Å². The van der Waals surface area contributed by atoms with Crippen LogP contribution >= 0.6 is 23.4 Å². The normalized spacial score (nSPS) is 17.2. The van der Waals surface area contributed by atoms with Crippen molar-refractivity contribution < 1.29 is 27.4 Å². The van der Waals surface area contributed by atoms with Gasteiger partial charge in [0.15, 0.2) is 10.9 Å². The van der Waals surface area contributed by atoms with Gasteiger partial charge >= 0.3 is 6.18 Å². The number of benzene rings is 1. The zero-order chi connectivity index (χ0) is 20.9. The smallest absolute Gasteiger partial charge is 0.416 e. The highest BCUT2D eigenvalue weighted by Crippen LogP contribution is 2.30. The van der Waals surface area contributed by atoms with Crippen LogP contribution in [-0.2, 0) is 15.7 Å². The number of carbonyl (C=O) groups excluding carboxylic acids is 1. The second-order valence-electron chi connectivity index (χ2n) is 6.25. The zero-order valence-corrected chi connectivity index (χ0v) is 16.8. The summed E-state index contributed by atoms with van der Waals surface area (Å²) in [5.74, 6) is 0.467. The van der Waals surface area contributed by atoms with Crippen molar-refractivity contribution in [2.45, 2.75) is 17.2 Å². The molecule has 1 aromatic heterocycles. The highest BCUT2D eigenvalue weighted by atomic mass is 35.5. The largest absolute Gasteiger partial charge is 0.488 e. The number of carbonyl (C=O) groups is 1. The van der Waals surface area contributed by atoms with Crippen molar-refractivity contribution in [3.8, 4) is 5.75 Å². The molecular weight excluding hydrogens is 429 g/mol. The maximum absolute atomic E-state index is 12.6. The fourth-order valence-electron chi connectivity index (χ4n) is 2.68. The Morgan fingerprint density at radius 1 is 1.31 bits per heavy atom. The second kappa shape index (κ2) is 9.69. The first-order valence-electron chi connectivity index (χ1n) is 8.75. The topological polar surface area (TPSA) is 51.7 Å². The fraction of sp³-hybridized carbons (Fsp3) is 0.368. The van der Waals surface area contributed by atoms with Gasteiger partial charge in [0.2, 0.25) is 5.91 Å². The molecule has 1 aliphatic rings. The number of amides is 1. The molecule has 3 rings (SSSR count). The molecule has 1 unspecified atom stereocenters. The lowest BCUT2D eigenvalue weighted by Crippen LogP contribution is -2.48. The predicted octanol–water partition coefficient (Wildman–Crippen LogP) is 4.15. The maximum Gasteiger partial charge on any atom is 0.416 e. The Labute approximate surface area is 175 Å². The van der Waals surface area contributed by atoms with Crippen LogP contribution in [0.1, 0.15) is 5.56 Å². The average Bonchev–Trinajstić information content (AvgIpc) is 2.71. The van der Waals surface area contributed by atoms with Crippen molar-refractivity contribution in [1.29, 1.82) is 0 Å². The van der Waals surface area contributed by atoms with Crippen LogP contribution in [0.3, 0.4) is 0 Å². The highest BCUT2D eigenvalue weighted by molar-refractivity contribution is 8.00. The molecule has 0 radical (unpaired) electrons. The van der Waals surface area contributed by atoms with Gasteiger partial charge in [-0.1, -0.05) is 11.6 Å². The molecule has 1 amide bonds. The molecular formula is C19H18ClF3N2O3S. The number of thioether (sulfide) groups is 1. The lowest BCUT2D eigenvalue weighted by molar-refractivity contribution is -0.138. The van der Waals surface area contributed by atoms with E-state index in [1.54, 1.807) is 23.2 Å². The van der Waals surface area contributed by atoms with Crippen molar-refractivity contribution in [3.63, 3.8) is 0 Å². The van der Waals surface area contributed by atoms with Gasteiger partial charge in [-0.3, -0.25) is 4.79 Å². The standard InChI is InChI=1S/C19H18ClF3N2O3S/c20-18-16(2-1-7-24-18)28-11-14-10-25(8-9-27-14)17(26)12-29-15-5-3-13(4-6-15)19(21,22)23/h1-7,14H,8-12H2. The van der Waals surface area contributed by atoms with Crippen LogP contribution in [0.5, 0.6) is 5.75 Å². The van der Waals surface area contributed by atoms with Gasteiger partial charge in [-0.25, -0.2) is 4.98 Å². The minimum Gasteiger partial charge on any atom is -0.488 e. The Morgan fingerprint density at radius 2 is 2.07 bits per heavy atom. The van der Waals surface area contributed by atoms with Gasteiger partial charge in [0.25, 0.3) is 0 Å². The van der Waals surface area contributed by atoms with E-state index in [0.29, 0.717) is 30.3 Å². The van der Waals surface area contributed by atoms with Crippen molar-refractivity contribution >= 4 is 29.3 Å². The summed E-state index contributed by atoms with van der Waals surface area (Å²) >= 11 is 7.15. The first-order chi connectivity index (χ1) is 13.8. The summed E-state index contributed by atoms with van der Waals surface area (Å²) in [5, 5.41) is 0.254. The molecule has 0 spiro atoms. The van der Waals surface area contributed by atoms with E-state index < -0.39 is 11.7 Å². The van der Waals surface area contributed by atoms with Gasteiger partial charge in [0, 0.05) is 17.6 Å². The number of morpholine rings is 1. The number of ether oxygens (including phenoxy) is 2. The SMILES string of the molecule is O=C(CSc1ccc(C(F)(F)F)cc1)N1CCOC(COc2cccnc2Cl)C1. The van der Waals surface area contributed by atoms with E-state index in [-0.39, 0.29) is 29.5 Å². The molecule has 1 saturated heterocycles. The lowest BCUT2D eigenvalue weighted by Gasteiger charge is -2.32. The van der Waals surface area contributed by atoms with Gasteiger partial charge in [0.05, 0.1) is 24.5 Å². The summed E-state index contributed by atoms with van der Waals surface area (Å²) in [6.07, 6.45) is -3.12. The molecule has 1 fully saturated rings. The van der Waals surface area contributed by atoms with E-state index in [1.807, 2.05) is 0 Å². The van der Waals surface area contributed by atoms with Gasteiger partial charge in [-0.15, -0.1) is 11.8 Å². The number of hydrogen-bond acceptors (Lipinski definition) is 5. The van der Waals surface area contributed by atoms with E-state index in [2.05, 4.69) is 4.98 Å². The molecule has 1 aromatic carbocycles. The van der Waals surface area contributed by atoms with Gasteiger partial charge in [-0.05, 0) is 36.4 Å². The number of alkyl halides is 3. The summed E-state index contributed by atoms with van der Waals surface area (Å²) in [7, 11) is 0. The van der Waals surface area contributed by atoms with Gasteiger partial charge in [-0.2, -0.15) is 13.2 Å². The van der Waals surface area contributed by atoms with Crippen LogP contribution in [0.25, 0.3) is 0 Å². The Hall–Kier alpha value is -1.97. The minimum absolute atomic E-state index is 0.109. The van der Waals surface area contributed by atoms with E-state index in [9.17, 15) is 18.0 Å². The van der Waals surface area contributed by atoms with Crippen LogP contribution in [0.15, 0.2) is 47.5 Å². The van der Waals surface area contributed by atoms with Crippen LogP contribution < -0.4 is 4.74 Å². The molecule has 0 bridgehead atoms. The molecule has 0 aliphatic carbocycles. The van der Waals surface area contributed by atoms with E-state index in [1.165, 1.54) is 23.9 Å². The number of halogens is 4. The third kappa shape index (κ3) is 6.25. The van der Waals surface area contributed by atoms with Crippen molar-refractivity contribution in [1.82, 2.24) is 9.88 Å². The number of nitrogens with zero attached hydrogens (tertiary/aromatic N) is 2. The number of hydrogen-bond donors (Lipinski definition) is 0. The third-order valence-corrected chi connectivity index (χ3v) is 5.47. The van der Waals surface area contributed by atoms with Crippen LogP contribution in [-0.4, -0.2) is 54.0 Å². The summed E-state index contributed by atoms with van der Waals surface area (Å²) in [6, 6.07) is 8.17. The number of pyridine rings is 1. The van der Waals surface area contributed by atoms with Crippen molar-refractivity contribution in [2.24, 2.45) is 0 Å². The van der Waals surface area contributed by atoms with E-state index >= 15 is 0 Å². The average molecular weight is 447 g/mol. The van der Waals surface area contributed by atoms with Crippen LogP contribution in [0, 0.1) is 0 Å². The summed E-state index contributed by atoms with van der Waals surface area (Å²) in [5.41, 5.74) is -0.710. The van der Waals surface area contributed by atoms with Crippen molar-refractivity contribution in [2.75, 3.05) is 32.1 Å². The molecule has 29 heavy (non-hydrogen) atoms. The molecule has 10 heteroatoms. The quantitative estimate of drug-likeness (QED) is 0.493. The molecule has 1 aliphatic heterocycles. The van der Waals surface area contributed by atoms with Crippen LogP contribution in [0.4, 0.5) is 13.2 Å². The summed E-state index contributed by atoms with van der Waals surface area (Å²) in [6.45, 7) is 1.42. The maximum atomic E-state index is 12.6. The highest BCUT2D eigenvalue weighted by Gasteiger charge is 2.30. The third-order valence-electron chi connectivity index (χ3n) is 4.19.